The number of carboxylic acids is 1. The molecule has 11 heavy (non-hydrogen) atoms. The Morgan fingerprint density at radius 1 is 1.82 bits per heavy atom. The fourth-order valence-corrected chi connectivity index (χ4v) is 0.997. The number of aliphatic carboxylic acids is 1. The van der Waals surface area contributed by atoms with Crippen LogP contribution in [0.2, 0.25) is 0 Å². The molecule has 66 valence electrons. The van der Waals surface area contributed by atoms with Crippen molar-refractivity contribution in [1.82, 2.24) is 0 Å². The summed E-state index contributed by atoms with van der Waals surface area (Å²) in [6.07, 6.45) is 0.219. The molecule has 0 aromatic heterocycles. The van der Waals surface area contributed by atoms with Crippen molar-refractivity contribution in [2.75, 3.05) is 12.0 Å². The minimum absolute atomic E-state index is 0.0826. The van der Waals surface area contributed by atoms with Crippen LogP contribution in [0.5, 0.6) is 0 Å². The van der Waals surface area contributed by atoms with Crippen molar-refractivity contribution >= 4 is 17.7 Å². The molecule has 0 fully saturated rings. The molecule has 0 aliphatic carbocycles. The van der Waals surface area contributed by atoms with Crippen LogP contribution in [0.15, 0.2) is 0 Å². The van der Waals surface area contributed by atoms with Gasteiger partial charge in [0.25, 0.3) is 0 Å². The number of aliphatic hydroxyl groups is 2. The summed E-state index contributed by atoms with van der Waals surface area (Å²) in [5, 5.41) is 26.2. The number of carboxylic acid groups (broad SMARTS) is 1. The predicted octanol–water partition coefficient (Wildman–Crippen LogP) is -1.56. The minimum Gasteiger partial charge on any atom is -0.478 e. The average molecular weight is 181 g/mol. The highest BCUT2D eigenvalue weighted by molar-refractivity contribution is 7.98. The first kappa shape index (κ1) is 10.7. The first-order valence-electron chi connectivity index (χ1n) is 2.84. The summed E-state index contributed by atoms with van der Waals surface area (Å²) in [6, 6.07) is 0. The normalized spacial score (nSPS) is 18.9. The molecule has 0 rings (SSSR count). The number of rotatable bonds is 4. The third kappa shape index (κ3) is 2.66. The molecule has 2 atom stereocenters. The predicted molar refractivity (Wildman–Crippen MR) is 41.2 cm³/mol. The van der Waals surface area contributed by atoms with Crippen LogP contribution in [0, 0.1) is 0 Å². The third-order valence-electron chi connectivity index (χ3n) is 1.18. The largest absolute Gasteiger partial charge is 0.478 e. The summed E-state index contributed by atoms with van der Waals surface area (Å²) >= 11 is 1.20. The molecular formula is C5H11NO4S. The van der Waals surface area contributed by atoms with Crippen molar-refractivity contribution < 1.29 is 20.1 Å². The smallest absolute Gasteiger partial charge is 0.353 e. The molecule has 0 amide bonds. The number of hydrogen-bond donors (Lipinski definition) is 4. The number of thioether (sulfide) groups is 1. The van der Waals surface area contributed by atoms with Crippen LogP contribution in [0.3, 0.4) is 0 Å². The van der Waals surface area contributed by atoms with E-state index in [0.717, 1.165) is 0 Å². The Labute approximate surface area is 68.2 Å². The molecule has 6 heteroatoms. The van der Waals surface area contributed by atoms with Crippen molar-refractivity contribution in [3.63, 3.8) is 0 Å². The Morgan fingerprint density at radius 3 is 2.55 bits per heavy atom. The first-order chi connectivity index (χ1) is 4.92. The Morgan fingerprint density at radius 2 is 2.27 bits per heavy atom. The van der Waals surface area contributed by atoms with E-state index in [4.69, 9.17) is 21.1 Å². The Bertz CT molecular complexity index is 149. The lowest BCUT2D eigenvalue weighted by molar-refractivity contribution is -0.168. The van der Waals surface area contributed by atoms with E-state index in [2.05, 4.69) is 0 Å². The molecule has 0 spiro atoms. The summed E-state index contributed by atoms with van der Waals surface area (Å²) in [5.41, 5.74) is 2.34. The zero-order chi connectivity index (χ0) is 9.07. The Hall–Kier alpha value is -0.300. The second-order valence-electron chi connectivity index (χ2n) is 2.10. The highest BCUT2D eigenvalue weighted by Crippen LogP contribution is 2.08. The van der Waals surface area contributed by atoms with Crippen molar-refractivity contribution in [3.05, 3.63) is 0 Å². The van der Waals surface area contributed by atoms with Gasteiger partial charge in [-0.2, -0.15) is 11.8 Å². The van der Waals surface area contributed by atoms with Gasteiger partial charge >= 0.3 is 5.97 Å². The summed E-state index contributed by atoms with van der Waals surface area (Å²) in [4.78, 5) is 10.2. The number of aliphatic hydroxyl groups excluding tert-OH is 1. The van der Waals surface area contributed by atoms with Crippen LogP contribution in [-0.4, -0.2) is 45.1 Å². The molecule has 0 aromatic carbocycles. The van der Waals surface area contributed by atoms with E-state index >= 15 is 0 Å². The Kier molecular flexibility index (Phi) is 3.81. The SMILES string of the molecule is CSCC(O)C(N)(O)C(=O)O. The molecule has 0 saturated carbocycles. The lowest BCUT2D eigenvalue weighted by Gasteiger charge is -2.23. The van der Waals surface area contributed by atoms with Gasteiger partial charge in [-0.1, -0.05) is 0 Å². The lowest BCUT2D eigenvalue weighted by atomic mass is 10.1. The molecule has 2 unspecified atom stereocenters. The monoisotopic (exact) mass is 181 g/mol. The fraction of sp³-hybridized carbons (Fsp3) is 0.800. The Balaban J connectivity index is 4.17. The van der Waals surface area contributed by atoms with E-state index < -0.39 is 17.8 Å². The molecular weight excluding hydrogens is 170 g/mol. The highest BCUT2D eigenvalue weighted by Gasteiger charge is 2.38. The van der Waals surface area contributed by atoms with Gasteiger partial charge < -0.3 is 15.3 Å². The van der Waals surface area contributed by atoms with E-state index in [9.17, 15) is 4.79 Å². The van der Waals surface area contributed by atoms with Crippen molar-refractivity contribution in [2.45, 2.75) is 11.8 Å². The standard InChI is InChI=1S/C5H11NO4S/c1-11-2-3(7)5(6,10)4(8)9/h3,7,10H,2,6H2,1H3,(H,8,9). The van der Waals surface area contributed by atoms with Crippen LogP contribution in [0.4, 0.5) is 0 Å². The number of carbonyl (C=O) groups is 1. The molecule has 0 aliphatic heterocycles. The molecule has 5 nitrogen and oxygen atoms in total. The molecule has 0 saturated heterocycles. The summed E-state index contributed by atoms with van der Waals surface area (Å²) in [5.74, 6) is -1.54. The average Bonchev–Trinajstić information content (AvgIpc) is 1.88. The molecule has 0 aliphatic rings. The summed E-state index contributed by atoms with van der Waals surface area (Å²) in [7, 11) is 0. The quantitative estimate of drug-likeness (QED) is 0.391. The van der Waals surface area contributed by atoms with E-state index in [1.807, 2.05) is 0 Å². The van der Waals surface area contributed by atoms with Gasteiger partial charge in [0.15, 0.2) is 0 Å². The maximum absolute atomic E-state index is 10.2. The molecule has 0 aromatic rings. The maximum atomic E-state index is 10.2. The number of hydrogen-bond acceptors (Lipinski definition) is 5. The molecule has 5 N–H and O–H groups in total. The third-order valence-corrected chi connectivity index (χ3v) is 1.82. The second-order valence-corrected chi connectivity index (χ2v) is 3.01. The lowest BCUT2D eigenvalue weighted by Crippen LogP contribution is -2.58. The number of nitrogens with two attached hydrogens (primary N) is 1. The fourth-order valence-electron chi connectivity index (χ4n) is 0.427. The maximum Gasteiger partial charge on any atom is 0.353 e. The van der Waals surface area contributed by atoms with Gasteiger partial charge in [0, 0.05) is 5.75 Å². The molecule has 0 bridgehead atoms. The van der Waals surface area contributed by atoms with Gasteiger partial charge in [0.1, 0.15) is 6.10 Å². The second kappa shape index (κ2) is 3.91. The first-order valence-corrected chi connectivity index (χ1v) is 4.24. The van der Waals surface area contributed by atoms with Crippen LogP contribution in [-0.2, 0) is 4.79 Å². The molecule has 0 heterocycles. The van der Waals surface area contributed by atoms with Crippen LogP contribution >= 0.6 is 11.8 Å². The van der Waals surface area contributed by atoms with E-state index in [0.29, 0.717) is 0 Å². The summed E-state index contributed by atoms with van der Waals surface area (Å²) in [6.45, 7) is 0. The van der Waals surface area contributed by atoms with E-state index in [-0.39, 0.29) is 5.75 Å². The zero-order valence-electron chi connectivity index (χ0n) is 6.02. The highest BCUT2D eigenvalue weighted by atomic mass is 32.2. The van der Waals surface area contributed by atoms with Gasteiger partial charge in [-0.15, -0.1) is 0 Å². The van der Waals surface area contributed by atoms with Gasteiger partial charge in [-0.25, -0.2) is 4.79 Å². The van der Waals surface area contributed by atoms with Gasteiger partial charge in [-0.05, 0) is 6.26 Å². The van der Waals surface area contributed by atoms with Crippen molar-refractivity contribution in [1.29, 1.82) is 0 Å². The van der Waals surface area contributed by atoms with E-state index in [1.54, 1.807) is 6.26 Å². The van der Waals surface area contributed by atoms with Gasteiger partial charge in [0.2, 0.25) is 5.72 Å². The van der Waals surface area contributed by atoms with E-state index in [1.165, 1.54) is 11.8 Å². The van der Waals surface area contributed by atoms with Crippen LogP contribution in [0.1, 0.15) is 0 Å². The van der Waals surface area contributed by atoms with Gasteiger partial charge in [-0.3, -0.25) is 5.73 Å². The minimum atomic E-state index is -2.54. The zero-order valence-corrected chi connectivity index (χ0v) is 6.84. The van der Waals surface area contributed by atoms with Gasteiger partial charge in [0.05, 0.1) is 0 Å². The summed E-state index contributed by atoms with van der Waals surface area (Å²) < 4.78 is 0. The van der Waals surface area contributed by atoms with Crippen LogP contribution in [0.25, 0.3) is 0 Å². The van der Waals surface area contributed by atoms with Crippen LogP contribution < -0.4 is 5.73 Å². The topological polar surface area (TPSA) is 104 Å². The molecule has 0 radical (unpaired) electrons. The van der Waals surface area contributed by atoms with Crippen molar-refractivity contribution in [3.8, 4) is 0 Å². The van der Waals surface area contributed by atoms with Crippen molar-refractivity contribution in [2.24, 2.45) is 5.73 Å².